The Morgan fingerprint density at radius 1 is 1.00 bits per heavy atom. The molecule has 3 rings (SSSR count). The average Bonchev–Trinajstić information content (AvgIpc) is 2.86. The highest BCUT2D eigenvalue weighted by molar-refractivity contribution is 7.80. The van der Waals surface area contributed by atoms with E-state index in [2.05, 4.69) is 10.3 Å². The van der Waals surface area contributed by atoms with Gasteiger partial charge in [0.2, 0.25) is 0 Å². The Hall–Kier alpha value is -3.32. The maximum Gasteiger partial charge on any atom is 0.303 e. The Bertz CT molecular complexity index is 1020. The second-order valence-electron chi connectivity index (χ2n) is 9.06. The molecule has 38 heavy (non-hydrogen) atoms. The first-order chi connectivity index (χ1) is 18.1. The van der Waals surface area contributed by atoms with Crippen LogP contribution in [0.1, 0.15) is 58.6 Å². The second kappa shape index (κ2) is 13.5. The number of likely N-dealkylation sites (tertiary alicyclic amines) is 1. The van der Waals surface area contributed by atoms with Crippen molar-refractivity contribution >= 4 is 41.2 Å². The highest BCUT2D eigenvalue weighted by Gasteiger charge is 2.52. The van der Waals surface area contributed by atoms with Gasteiger partial charge in [-0.15, -0.1) is 0 Å². The first kappa shape index (κ1) is 29.2. The van der Waals surface area contributed by atoms with Crippen molar-refractivity contribution in [2.75, 3.05) is 13.2 Å². The summed E-state index contributed by atoms with van der Waals surface area (Å²) in [7, 11) is 0. The Morgan fingerprint density at radius 3 is 2.26 bits per heavy atom. The van der Waals surface area contributed by atoms with Gasteiger partial charge in [0.25, 0.3) is 0 Å². The minimum absolute atomic E-state index is 0.0388. The van der Waals surface area contributed by atoms with Crippen LogP contribution in [-0.4, -0.2) is 82.7 Å². The molecular weight excluding hydrogens is 518 g/mol. The van der Waals surface area contributed by atoms with Crippen LogP contribution in [0, 0.1) is 0 Å². The molecule has 0 bridgehead atoms. The highest BCUT2D eigenvalue weighted by Crippen LogP contribution is 2.32. The van der Waals surface area contributed by atoms with Crippen LogP contribution < -0.4 is 5.32 Å². The number of carbonyl (C=O) groups is 4. The van der Waals surface area contributed by atoms with Crippen molar-refractivity contribution in [3.63, 3.8) is 0 Å². The van der Waals surface area contributed by atoms with Gasteiger partial charge in [0, 0.05) is 46.6 Å². The van der Waals surface area contributed by atoms with Crippen molar-refractivity contribution in [3.8, 4) is 0 Å². The minimum Gasteiger partial charge on any atom is -0.463 e. The third kappa shape index (κ3) is 7.84. The van der Waals surface area contributed by atoms with E-state index in [-0.39, 0.29) is 12.6 Å². The van der Waals surface area contributed by atoms with Crippen LogP contribution in [0.15, 0.2) is 24.5 Å². The van der Waals surface area contributed by atoms with E-state index in [1.54, 1.807) is 12.4 Å². The smallest absolute Gasteiger partial charge is 0.303 e. The molecule has 0 aromatic carbocycles. The number of ether oxygens (including phenoxy) is 5. The molecule has 0 spiro atoms. The fourth-order valence-corrected chi connectivity index (χ4v) is 4.98. The van der Waals surface area contributed by atoms with E-state index in [0.29, 0.717) is 11.7 Å². The number of nitrogens with zero attached hydrogens (tertiary/aromatic N) is 2. The number of pyridine rings is 1. The molecular formula is C25H33N3O9S. The molecule has 0 saturated carbocycles. The van der Waals surface area contributed by atoms with Gasteiger partial charge in [-0.2, -0.15) is 0 Å². The predicted molar refractivity (Wildman–Crippen MR) is 135 cm³/mol. The maximum atomic E-state index is 12.1. The first-order valence-electron chi connectivity index (χ1n) is 12.3. The zero-order valence-electron chi connectivity index (χ0n) is 21.8. The summed E-state index contributed by atoms with van der Waals surface area (Å²) in [5.74, 6) is -2.67. The van der Waals surface area contributed by atoms with Gasteiger partial charge in [-0.25, -0.2) is 0 Å². The van der Waals surface area contributed by atoms with Crippen molar-refractivity contribution in [3.05, 3.63) is 30.1 Å². The molecule has 2 saturated heterocycles. The van der Waals surface area contributed by atoms with Crippen molar-refractivity contribution in [2.45, 2.75) is 83.6 Å². The summed E-state index contributed by atoms with van der Waals surface area (Å²) in [4.78, 5) is 53.8. The van der Waals surface area contributed by atoms with Crippen molar-refractivity contribution < 1.29 is 42.9 Å². The second-order valence-corrected chi connectivity index (χ2v) is 9.45. The van der Waals surface area contributed by atoms with E-state index in [1.807, 2.05) is 17.0 Å². The molecule has 13 heteroatoms. The number of aromatic nitrogens is 1. The van der Waals surface area contributed by atoms with Gasteiger partial charge in [-0.05, 0) is 43.1 Å². The van der Waals surface area contributed by atoms with E-state index in [9.17, 15) is 19.2 Å². The lowest BCUT2D eigenvalue weighted by atomic mass is 9.96. The molecule has 0 amide bonds. The zero-order valence-corrected chi connectivity index (χ0v) is 22.6. The number of carbonyl (C=O) groups excluding carboxylic acids is 4. The van der Waals surface area contributed by atoms with Crippen LogP contribution in [0.25, 0.3) is 0 Å². The Morgan fingerprint density at radius 2 is 1.66 bits per heavy atom. The molecule has 2 aliphatic rings. The number of hydrogen-bond acceptors (Lipinski definition) is 11. The fourth-order valence-electron chi connectivity index (χ4n) is 4.64. The Kier molecular flexibility index (Phi) is 10.4. The SMILES string of the molecule is CC(=O)OC[C@H]1O[C@@H](NC(=S)N2CCCC[C@@H]2c2cccnc2)[C@@H](OC(C)=O)[C@@H](OC(C)=O)[C@@H]1OC(C)=O. The van der Waals surface area contributed by atoms with Crippen molar-refractivity contribution in [2.24, 2.45) is 0 Å². The van der Waals surface area contributed by atoms with E-state index in [1.165, 1.54) is 27.7 Å². The summed E-state index contributed by atoms with van der Waals surface area (Å²) in [6.07, 6.45) is 0.338. The van der Waals surface area contributed by atoms with Crippen LogP contribution in [-0.2, 0) is 42.9 Å². The van der Waals surface area contributed by atoms with Crippen LogP contribution >= 0.6 is 12.2 Å². The van der Waals surface area contributed by atoms with Gasteiger partial charge in [0.15, 0.2) is 29.7 Å². The third-order valence-electron chi connectivity index (χ3n) is 6.09. The van der Waals surface area contributed by atoms with Crippen molar-refractivity contribution in [1.82, 2.24) is 15.2 Å². The number of thiocarbonyl (C=S) groups is 1. The number of piperidine rings is 1. The molecule has 0 aliphatic carbocycles. The molecule has 1 aromatic rings. The van der Waals surface area contributed by atoms with Crippen LogP contribution in [0.4, 0.5) is 0 Å². The molecule has 6 atom stereocenters. The number of rotatable bonds is 7. The number of hydrogen-bond donors (Lipinski definition) is 1. The molecule has 1 N–H and O–H groups in total. The van der Waals surface area contributed by atoms with E-state index >= 15 is 0 Å². The van der Waals surface area contributed by atoms with Crippen LogP contribution in [0.2, 0.25) is 0 Å². The molecule has 12 nitrogen and oxygen atoms in total. The lowest BCUT2D eigenvalue weighted by Gasteiger charge is -2.46. The van der Waals surface area contributed by atoms with E-state index in [0.717, 1.165) is 24.8 Å². The quantitative estimate of drug-likeness (QED) is 0.298. The van der Waals surface area contributed by atoms with E-state index < -0.39 is 54.5 Å². The minimum atomic E-state index is -1.27. The molecule has 2 aliphatic heterocycles. The van der Waals surface area contributed by atoms with Gasteiger partial charge in [-0.1, -0.05) is 6.07 Å². The summed E-state index contributed by atoms with van der Waals surface area (Å²) in [5, 5.41) is 3.42. The largest absolute Gasteiger partial charge is 0.463 e. The molecule has 0 unspecified atom stereocenters. The molecule has 1 aromatic heterocycles. The average molecular weight is 552 g/mol. The molecule has 2 fully saturated rings. The van der Waals surface area contributed by atoms with Gasteiger partial charge in [0.1, 0.15) is 12.7 Å². The molecule has 208 valence electrons. The summed E-state index contributed by atoms with van der Waals surface area (Å²) in [5.41, 5.74) is 0.998. The summed E-state index contributed by atoms with van der Waals surface area (Å²) in [6, 6.07) is 3.80. The topological polar surface area (TPSA) is 143 Å². The van der Waals surface area contributed by atoms with Gasteiger partial charge < -0.3 is 33.9 Å². The molecule has 3 heterocycles. The monoisotopic (exact) mass is 551 g/mol. The van der Waals surface area contributed by atoms with Crippen LogP contribution in [0.5, 0.6) is 0 Å². The van der Waals surface area contributed by atoms with Gasteiger partial charge in [-0.3, -0.25) is 24.2 Å². The summed E-state index contributed by atoms with van der Waals surface area (Å²) >= 11 is 5.76. The summed E-state index contributed by atoms with van der Waals surface area (Å²) < 4.78 is 27.6. The van der Waals surface area contributed by atoms with E-state index in [4.69, 9.17) is 35.9 Å². The normalized spacial score (nSPS) is 27.0. The predicted octanol–water partition coefficient (Wildman–Crippen LogP) is 1.57. The molecule has 0 radical (unpaired) electrons. The first-order valence-corrected chi connectivity index (χ1v) is 12.7. The third-order valence-corrected chi connectivity index (χ3v) is 6.44. The standard InChI is InChI=1S/C25H33N3O9S/c1-14(29)33-13-20-21(34-15(2)30)22(35-16(3)31)23(36-17(4)32)24(37-20)27-25(38)28-11-6-5-9-19(28)18-8-7-10-26-12-18/h7-8,10,12,19-24H,5-6,9,11,13H2,1-4H3,(H,27,38)/t19-,20-,21-,22+,23+,24-/m1/s1. The number of esters is 4. The van der Waals surface area contributed by atoms with Crippen molar-refractivity contribution in [1.29, 1.82) is 0 Å². The van der Waals surface area contributed by atoms with Crippen LogP contribution in [0.3, 0.4) is 0 Å². The lowest BCUT2D eigenvalue weighted by molar-refractivity contribution is -0.255. The Balaban J connectivity index is 1.92. The fraction of sp³-hybridized carbons (Fsp3) is 0.600. The zero-order chi connectivity index (χ0) is 27.8. The summed E-state index contributed by atoms with van der Waals surface area (Å²) in [6.45, 7) is 5.10. The Labute approximate surface area is 226 Å². The number of nitrogens with one attached hydrogen (secondary N) is 1. The van der Waals surface area contributed by atoms with Gasteiger partial charge >= 0.3 is 23.9 Å². The lowest BCUT2D eigenvalue weighted by Crippen LogP contribution is -2.67. The maximum absolute atomic E-state index is 12.1. The van der Waals surface area contributed by atoms with Gasteiger partial charge in [0.05, 0.1) is 6.04 Å². The highest BCUT2D eigenvalue weighted by atomic mass is 32.1.